The maximum atomic E-state index is 11.4. The van der Waals surface area contributed by atoms with Crippen molar-refractivity contribution >= 4 is 11.6 Å². The van der Waals surface area contributed by atoms with Crippen LogP contribution in [0.15, 0.2) is 16.6 Å². The van der Waals surface area contributed by atoms with Gasteiger partial charge in [-0.1, -0.05) is 19.9 Å². The van der Waals surface area contributed by atoms with Crippen molar-refractivity contribution in [3.8, 4) is 6.07 Å². The minimum atomic E-state index is -0.358. The average Bonchev–Trinajstić information content (AvgIpc) is 2.17. The van der Waals surface area contributed by atoms with E-state index in [9.17, 15) is 4.79 Å². The molecule has 0 aromatic heterocycles. The predicted octanol–water partition coefficient (Wildman–Crippen LogP) is 2.24. The molecule has 1 aliphatic heterocycles. The molecular weight excluding hydrogens is 188 g/mol. The lowest BCUT2D eigenvalue weighted by Gasteiger charge is -2.36. The SMILES string of the molecule is CC1(C)CCC2=NC(=O)C(C#N)=CC2C1. The molecule has 1 fully saturated rings. The largest absolute Gasteiger partial charge is 0.287 e. The number of hydrogen-bond donors (Lipinski definition) is 0. The van der Waals surface area contributed by atoms with Gasteiger partial charge in [0.25, 0.3) is 5.91 Å². The summed E-state index contributed by atoms with van der Waals surface area (Å²) in [5.74, 6) is -0.149. The Balaban J connectivity index is 2.29. The Hall–Kier alpha value is -1.43. The lowest BCUT2D eigenvalue weighted by atomic mass is 9.70. The smallest absolute Gasteiger partial charge is 0.266 e. The quantitative estimate of drug-likeness (QED) is 0.605. The number of carbonyl (C=O) groups excluding carboxylic acids is 1. The van der Waals surface area contributed by atoms with Crippen LogP contribution in [-0.2, 0) is 4.79 Å². The molecule has 2 aliphatic rings. The topological polar surface area (TPSA) is 53.2 Å². The van der Waals surface area contributed by atoms with Crippen LogP contribution in [0.25, 0.3) is 0 Å². The van der Waals surface area contributed by atoms with Crippen molar-refractivity contribution < 1.29 is 4.79 Å². The second-order valence-electron chi connectivity index (χ2n) is 5.08. The molecule has 1 saturated carbocycles. The van der Waals surface area contributed by atoms with Crippen molar-refractivity contribution in [1.29, 1.82) is 5.26 Å². The average molecular weight is 202 g/mol. The Bertz CT molecular complexity index is 410. The van der Waals surface area contributed by atoms with Gasteiger partial charge in [0.15, 0.2) is 0 Å². The first kappa shape index (κ1) is 10.1. The molecule has 3 heteroatoms. The number of aliphatic imine (C=N–C) groups is 1. The number of carbonyl (C=O) groups is 1. The Morgan fingerprint density at radius 1 is 1.60 bits per heavy atom. The Morgan fingerprint density at radius 2 is 2.33 bits per heavy atom. The van der Waals surface area contributed by atoms with Gasteiger partial charge in [-0.2, -0.15) is 5.26 Å². The first-order chi connectivity index (χ1) is 7.02. The number of amides is 1. The predicted molar refractivity (Wildman–Crippen MR) is 57.3 cm³/mol. The van der Waals surface area contributed by atoms with Gasteiger partial charge in [0, 0.05) is 11.6 Å². The summed E-state index contributed by atoms with van der Waals surface area (Å²) >= 11 is 0. The van der Waals surface area contributed by atoms with Crippen molar-refractivity contribution in [2.24, 2.45) is 16.3 Å². The Labute approximate surface area is 89.5 Å². The highest BCUT2D eigenvalue weighted by Gasteiger charge is 2.34. The number of allylic oxidation sites excluding steroid dienone is 1. The number of nitriles is 1. The van der Waals surface area contributed by atoms with E-state index in [1.54, 1.807) is 6.08 Å². The van der Waals surface area contributed by atoms with Crippen molar-refractivity contribution in [3.63, 3.8) is 0 Å². The number of nitrogens with zero attached hydrogens (tertiary/aromatic N) is 2. The fourth-order valence-corrected chi connectivity index (χ4v) is 2.31. The number of dihydropyridines is 1. The molecule has 1 atom stereocenters. The normalized spacial score (nSPS) is 28.6. The molecule has 15 heavy (non-hydrogen) atoms. The van der Waals surface area contributed by atoms with Crippen LogP contribution < -0.4 is 0 Å². The molecule has 1 amide bonds. The van der Waals surface area contributed by atoms with Gasteiger partial charge in [0.1, 0.15) is 11.6 Å². The Morgan fingerprint density at radius 3 is 3.00 bits per heavy atom. The number of rotatable bonds is 0. The zero-order valence-electron chi connectivity index (χ0n) is 9.08. The van der Waals surface area contributed by atoms with Crippen LogP contribution in [0, 0.1) is 22.7 Å². The molecule has 0 aromatic rings. The molecule has 0 N–H and O–H groups in total. The van der Waals surface area contributed by atoms with E-state index in [1.165, 1.54) is 0 Å². The van der Waals surface area contributed by atoms with Crippen molar-refractivity contribution in [2.75, 3.05) is 0 Å². The highest BCUT2D eigenvalue weighted by Crippen LogP contribution is 2.39. The molecule has 3 nitrogen and oxygen atoms in total. The molecule has 0 spiro atoms. The molecule has 0 aromatic carbocycles. The summed E-state index contributed by atoms with van der Waals surface area (Å²) in [6.07, 6.45) is 4.75. The van der Waals surface area contributed by atoms with E-state index in [0.717, 1.165) is 25.0 Å². The summed E-state index contributed by atoms with van der Waals surface area (Å²) in [5, 5.41) is 8.77. The molecule has 0 radical (unpaired) electrons. The van der Waals surface area contributed by atoms with Crippen LogP contribution in [0.2, 0.25) is 0 Å². The minimum Gasteiger partial charge on any atom is -0.266 e. The monoisotopic (exact) mass is 202 g/mol. The molecule has 1 unspecified atom stereocenters. The summed E-state index contributed by atoms with van der Waals surface area (Å²) < 4.78 is 0. The third-order valence-electron chi connectivity index (χ3n) is 3.22. The zero-order valence-corrected chi connectivity index (χ0v) is 9.08. The first-order valence-corrected chi connectivity index (χ1v) is 5.25. The van der Waals surface area contributed by atoms with E-state index >= 15 is 0 Å². The van der Waals surface area contributed by atoms with Crippen LogP contribution in [0.4, 0.5) is 0 Å². The molecule has 2 rings (SSSR count). The molecule has 78 valence electrons. The lowest BCUT2D eigenvalue weighted by Crippen LogP contribution is -2.32. The van der Waals surface area contributed by atoms with Crippen LogP contribution >= 0.6 is 0 Å². The fraction of sp³-hybridized carbons (Fsp3) is 0.583. The molecular formula is C12H14N2O. The number of hydrogen-bond acceptors (Lipinski definition) is 2. The van der Waals surface area contributed by atoms with E-state index in [-0.39, 0.29) is 17.4 Å². The summed E-state index contributed by atoms with van der Waals surface area (Å²) in [5.41, 5.74) is 1.47. The van der Waals surface area contributed by atoms with Crippen LogP contribution in [-0.4, -0.2) is 11.6 Å². The third-order valence-corrected chi connectivity index (χ3v) is 3.22. The van der Waals surface area contributed by atoms with Crippen molar-refractivity contribution in [2.45, 2.75) is 33.1 Å². The molecule has 1 heterocycles. The van der Waals surface area contributed by atoms with Gasteiger partial charge in [0.05, 0.1) is 0 Å². The highest BCUT2D eigenvalue weighted by molar-refractivity contribution is 6.10. The third kappa shape index (κ3) is 1.85. The van der Waals surface area contributed by atoms with Crippen LogP contribution in [0.5, 0.6) is 0 Å². The molecule has 0 bridgehead atoms. The maximum Gasteiger partial charge on any atom is 0.287 e. The van der Waals surface area contributed by atoms with Crippen molar-refractivity contribution in [3.05, 3.63) is 11.6 Å². The van der Waals surface area contributed by atoms with E-state index in [1.807, 2.05) is 6.07 Å². The standard InChI is InChI=1S/C12H14N2O/c1-12(2)4-3-10-8(6-12)5-9(7-13)11(15)14-10/h5,8H,3-4,6H2,1-2H3. The van der Waals surface area contributed by atoms with Gasteiger partial charge in [0.2, 0.25) is 0 Å². The number of fused-ring (bicyclic) bond motifs is 1. The van der Waals surface area contributed by atoms with Gasteiger partial charge in [-0.05, 0) is 24.7 Å². The van der Waals surface area contributed by atoms with E-state index in [2.05, 4.69) is 18.8 Å². The Kier molecular flexibility index (Phi) is 2.22. The molecule has 1 aliphatic carbocycles. The van der Waals surface area contributed by atoms with E-state index < -0.39 is 0 Å². The fourth-order valence-electron chi connectivity index (χ4n) is 2.31. The molecule has 0 saturated heterocycles. The van der Waals surface area contributed by atoms with E-state index in [4.69, 9.17) is 5.26 Å². The summed E-state index contributed by atoms with van der Waals surface area (Å²) in [6, 6.07) is 1.92. The second kappa shape index (κ2) is 3.30. The van der Waals surface area contributed by atoms with Gasteiger partial charge in [-0.3, -0.25) is 4.79 Å². The van der Waals surface area contributed by atoms with E-state index in [0.29, 0.717) is 5.41 Å². The van der Waals surface area contributed by atoms with Crippen LogP contribution in [0.1, 0.15) is 33.1 Å². The first-order valence-electron chi connectivity index (χ1n) is 5.25. The summed E-state index contributed by atoms with van der Waals surface area (Å²) in [7, 11) is 0. The van der Waals surface area contributed by atoms with Crippen molar-refractivity contribution in [1.82, 2.24) is 0 Å². The summed E-state index contributed by atoms with van der Waals surface area (Å²) in [4.78, 5) is 15.4. The van der Waals surface area contributed by atoms with Gasteiger partial charge >= 0.3 is 0 Å². The van der Waals surface area contributed by atoms with Gasteiger partial charge in [-0.15, -0.1) is 0 Å². The maximum absolute atomic E-state index is 11.4. The van der Waals surface area contributed by atoms with Gasteiger partial charge < -0.3 is 0 Å². The summed E-state index contributed by atoms with van der Waals surface area (Å²) in [6.45, 7) is 4.44. The minimum absolute atomic E-state index is 0.209. The van der Waals surface area contributed by atoms with Gasteiger partial charge in [-0.25, -0.2) is 4.99 Å². The lowest BCUT2D eigenvalue weighted by molar-refractivity contribution is -0.114. The zero-order chi connectivity index (χ0) is 11.1. The van der Waals surface area contributed by atoms with Crippen LogP contribution in [0.3, 0.4) is 0 Å². The second-order valence-corrected chi connectivity index (χ2v) is 5.08. The highest BCUT2D eigenvalue weighted by atomic mass is 16.1.